The molecule has 0 N–H and O–H groups in total. The molecule has 0 aliphatic heterocycles. The predicted molar refractivity (Wildman–Crippen MR) is 98.0 cm³/mol. The van der Waals surface area contributed by atoms with Crippen molar-refractivity contribution >= 4 is 24.7 Å². The van der Waals surface area contributed by atoms with Gasteiger partial charge in [-0.25, -0.2) is 0 Å². The molecule has 2 heteroatoms. The Bertz CT molecular complexity index is 893. The minimum Gasteiger partial charge on any atom is -0.298 e. The Kier molecular flexibility index (Phi) is 4.78. The van der Waals surface area contributed by atoms with Crippen LogP contribution >= 0.6 is 0 Å². The summed E-state index contributed by atoms with van der Waals surface area (Å²) in [6.45, 7) is 0. The van der Waals surface area contributed by atoms with Crippen molar-refractivity contribution in [3.05, 3.63) is 95.1 Å². The second kappa shape index (κ2) is 7.34. The van der Waals surface area contributed by atoms with E-state index in [1.165, 1.54) is 0 Å². The molecule has 3 aromatic rings. The summed E-state index contributed by atoms with van der Waals surface area (Å²) in [5, 5.41) is 0. The van der Waals surface area contributed by atoms with Gasteiger partial charge in [-0.05, 0) is 28.3 Å². The first-order valence-electron chi connectivity index (χ1n) is 7.69. The molecule has 2 nitrogen and oxygen atoms in total. The third kappa shape index (κ3) is 3.39. The number of carbonyl (C=O) groups is 2. The van der Waals surface area contributed by atoms with E-state index in [2.05, 4.69) is 0 Å². The maximum Gasteiger partial charge on any atom is 0.150 e. The van der Waals surface area contributed by atoms with Gasteiger partial charge in [-0.1, -0.05) is 78.9 Å². The van der Waals surface area contributed by atoms with Crippen LogP contribution in [0.1, 0.15) is 31.8 Å². The Labute approximate surface area is 141 Å². The van der Waals surface area contributed by atoms with Gasteiger partial charge in [0, 0.05) is 11.1 Å². The molecule has 0 unspecified atom stereocenters. The molecule has 116 valence electrons. The first-order valence-corrected chi connectivity index (χ1v) is 7.69. The Morgan fingerprint density at radius 2 is 1.17 bits per heavy atom. The Morgan fingerprint density at radius 1 is 0.542 bits per heavy atom. The molecule has 3 aromatic carbocycles. The van der Waals surface area contributed by atoms with Crippen molar-refractivity contribution in [2.75, 3.05) is 0 Å². The first kappa shape index (κ1) is 15.6. The van der Waals surface area contributed by atoms with Crippen LogP contribution in [0.5, 0.6) is 0 Å². The van der Waals surface area contributed by atoms with Crippen molar-refractivity contribution in [2.45, 2.75) is 0 Å². The average Bonchev–Trinajstić information content (AvgIpc) is 2.67. The smallest absolute Gasteiger partial charge is 0.150 e. The number of aldehydes is 2. The molecule has 0 fully saturated rings. The maximum atomic E-state index is 11.4. The van der Waals surface area contributed by atoms with Crippen LogP contribution in [0.4, 0.5) is 0 Å². The summed E-state index contributed by atoms with van der Waals surface area (Å²) < 4.78 is 0. The molecule has 0 heterocycles. The summed E-state index contributed by atoms with van der Waals surface area (Å²) in [7, 11) is 0. The molecule has 0 aliphatic carbocycles. The molecule has 3 rings (SSSR count). The van der Waals surface area contributed by atoms with E-state index in [0.29, 0.717) is 11.1 Å². The van der Waals surface area contributed by atoms with Crippen molar-refractivity contribution in [3.8, 4) is 11.1 Å². The van der Waals surface area contributed by atoms with Crippen LogP contribution in [0.15, 0.2) is 72.8 Å². The summed E-state index contributed by atoms with van der Waals surface area (Å²) in [4.78, 5) is 22.7. The lowest BCUT2D eigenvalue weighted by Gasteiger charge is -2.09. The van der Waals surface area contributed by atoms with Gasteiger partial charge in [-0.2, -0.15) is 0 Å². The summed E-state index contributed by atoms with van der Waals surface area (Å²) in [6.07, 6.45) is 5.65. The zero-order valence-corrected chi connectivity index (χ0v) is 13.1. The average molecular weight is 312 g/mol. The van der Waals surface area contributed by atoms with Crippen molar-refractivity contribution < 1.29 is 9.59 Å². The molecular weight excluding hydrogens is 296 g/mol. The van der Waals surface area contributed by atoms with Gasteiger partial charge in [-0.3, -0.25) is 9.59 Å². The molecule has 24 heavy (non-hydrogen) atoms. The fourth-order valence-corrected chi connectivity index (χ4v) is 2.62. The Hall–Kier alpha value is -3.26. The molecule has 0 bridgehead atoms. The van der Waals surface area contributed by atoms with Gasteiger partial charge in [0.25, 0.3) is 0 Å². The number of carbonyl (C=O) groups excluding carboxylic acids is 2. The standard InChI is InChI=1S/C22H16O2/c23-15-19-8-4-5-9-21(19)22-14-18(12-13-20(22)16-24)11-10-17-6-2-1-3-7-17/h1-16H. The van der Waals surface area contributed by atoms with Gasteiger partial charge in [0.15, 0.2) is 12.6 Å². The highest BCUT2D eigenvalue weighted by molar-refractivity contribution is 5.95. The Morgan fingerprint density at radius 3 is 1.92 bits per heavy atom. The maximum absolute atomic E-state index is 11.4. The number of hydrogen-bond donors (Lipinski definition) is 0. The Balaban J connectivity index is 2.04. The van der Waals surface area contributed by atoms with Gasteiger partial charge in [0.2, 0.25) is 0 Å². The molecular formula is C22H16O2. The summed E-state index contributed by atoms with van der Waals surface area (Å²) in [5.41, 5.74) is 4.75. The van der Waals surface area contributed by atoms with Gasteiger partial charge in [-0.15, -0.1) is 0 Å². The van der Waals surface area contributed by atoms with Gasteiger partial charge in [0.05, 0.1) is 0 Å². The van der Waals surface area contributed by atoms with Crippen LogP contribution < -0.4 is 0 Å². The molecule has 0 radical (unpaired) electrons. The van der Waals surface area contributed by atoms with E-state index < -0.39 is 0 Å². The van der Waals surface area contributed by atoms with E-state index in [1.54, 1.807) is 12.1 Å². The highest BCUT2D eigenvalue weighted by atomic mass is 16.1. The van der Waals surface area contributed by atoms with Crippen molar-refractivity contribution in [2.24, 2.45) is 0 Å². The second-order valence-electron chi connectivity index (χ2n) is 5.41. The molecule has 0 spiro atoms. The highest BCUT2D eigenvalue weighted by Gasteiger charge is 2.09. The summed E-state index contributed by atoms with van der Waals surface area (Å²) in [5.74, 6) is 0. The molecule has 0 aromatic heterocycles. The minimum atomic E-state index is 0.571. The van der Waals surface area contributed by atoms with Crippen molar-refractivity contribution in [1.29, 1.82) is 0 Å². The molecule has 0 aliphatic rings. The van der Waals surface area contributed by atoms with Crippen LogP contribution in [0, 0.1) is 0 Å². The third-order valence-corrected chi connectivity index (χ3v) is 3.85. The lowest BCUT2D eigenvalue weighted by molar-refractivity contribution is 0.111. The van der Waals surface area contributed by atoms with Crippen LogP contribution in [0.25, 0.3) is 23.3 Å². The molecule has 0 saturated heterocycles. The normalized spacial score (nSPS) is 10.7. The molecule has 0 saturated carbocycles. The monoisotopic (exact) mass is 312 g/mol. The number of benzene rings is 3. The van der Waals surface area contributed by atoms with Crippen LogP contribution in [-0.4, -0.2) is 12.6 Å². The SMILES string of the molecule is O=Cc1ccccc1-c1cc(C=Cc2ccccc2)ccc1C=O. The lowest BCUT2D eigenvalue weighted by Crippen LogP contribution is -1.93. The molecule has 0 amide bonds. The fraction of sp³-hybridized carbons (Fsp3) is 0. The first-order chi connectivity index (χ1) is 11.8. The zero-order valence-electron chi connectivity index (χ0n) is 13.1. The van der Waals surface area contributed by atoms with E-state index in [-0.39, 0.29) is 0 Å². The van der Waals surface area contributed by atoms with Gasteiger partial charge >= 0.3 is 0 Å². The van der Waals surface area contributed by atoms with E-state index in [9.17, 15) is 9.59 Å². The second-order valence-corrected chi connectivity index (χ2v) is 5.41. The van der Waals surface area contributed by atoms with Gasteiger partial charge in [0.1, 0.15) is 0 Å². The largest absolute Gasteiger partial charge is 0.298 e. The number of rotatable bonds is 5. The number of hydrogen-bond acceptors (Lipinski definition) is 2. The van der Waals surface area contributed by atoms with Crippen LogP contribution in [0.3, 0.4) is 0 Å². The predicted octanol–water partition coefficient (Wildman–Crippen LogP) is 5.15. The summed E-state index contributed by atoms with van der Waals surface area (Å²) >= 11 is 0. The summed E-state index contributed by atoms with van der Waals surface area (Å²) in [6, 6.07) is 22.9. The van der Waals surface area contributed by atoms with Crippen LogP contribution in [0.2, 0.25) is 0 Å². The van der Waals surface area contributed by atoms with Crippen LogP contribution in [-0.2, 0) is 0 Å². The lowest BCUT2D eigenvalue weighted by atomic mass is 9.94. The highest BCUT2D eigenvalue weighted by Crippen LogP contribution is 2.27. The fourth-order valence-electron chi connectivity index (χ4n) is 2.62. The quantitative estimate of drug-likeness (QED) is 0.482. The van der Waals surface area contributed by atoms with E-state index in [0.717, 1.165) is 34.8 Å². The van der Waals surface area contributed by atoms with E-state index >= 15 is 0 Å². The van der Waals surface area contributed by atoms with E-state index in [1.807, 2.05) is 72.8 Å². The van der Waals surface area contributed by atoms with Gasteiger partial charge < -0.3 is 0 Å². The van der Waals surface area contributed by atoms with E-state index in [4.69, 9.17) is 0 Å². The molecule has 0 atom stereocenters. The topological polar surface area (TPSA) is 34.1 Å². The third-order valence-electron chi connectivity index (χ3n) is 3.85. The minimum absolute atomic E-state index is 0.571. The van der Waals surface area contributed by atoms with Crippen molar-refractivity contribution in [3.63, 3.8) is 0 Å². The zero-order chi connectivity index (χ0) is 16.8. The van der Waals surface area contributed by atoms with Crippen molar-refractivity contribution in [1.82, 2.24) is 0 Å².